The second-order valence-corrected chi connectivity index (χ2v) is 4.91. The molecule has 2 rings (SSSR count). The van der Waals surface area contributed by atoms with Crippen molar-refractivity contribution in [2.75, 3.05) is 0 Å². The van der Waals surface area contributed by atoms with Crippen molar-refractivity contribution in [2.45, 2.75) is 26.2 Å². The van der Waals surface area contributed by atoms with Crippen LogP contribution in [-0.4, -0.2) is 0 Å². The van der Waals surface area contributed by atoms with Crippen molar-refractivity contribution in [3.05, 3.63) is 70.0 Å². The third-order valence-corrected chi connectivity index (χ3v) is 3.57. The molecule has 94 valence electrons. The van der Waals surface area contributed by atoms with Crippen LogP contribution in [0.2, 0.25) is 5.02 Å². The predicted molar refractivity (Wildman–Crippen MR) is 74.7 cm³/mol. The quantitative estimate of drug-likeness (QED) is 0.714. The van der Waals surface area contributed by atoms with E-state index < -0.39 is 0 Å². The van der Waals surface area contributed by atoms with E-state index in [4.69, 9.17) is 11.6 Å². The molecule has 2 heteroatoms. The summed E-state index contributed by atoms with van der Waals surface area (Å²) in [6, 6.07) is 12.9. The van der Waals surface area contributed by atoms with Gasteiger partial charge in [-0.1, -0.05) is 43.6 Å². The Kier molecular flexibility index (Phi) is 4.03. The largest absolute Gasteiger partial charge is 0.207 e. The molecule has 0 N–H and O–H groups in total. The maximum atomic E-state index is 13.2. The highest BCUT2D eigenvalue weighted by Gasteiger charge is 2.12. The van der Waals surface area contributed by atoms with E-state index in [-0.39, 0.29) is 11.7 Å². The van der Waals surface area contributed by atoms with Gasteiger partial charge in [0, 0.05) is 10.9 Å². The highest BCUT2D eigenvalue weighted by atomic mass is 35.5. The molecule has 0 spiro atoms. The molecular weight excluding hydrogens is 247 g/mol. The van der Waals surface area contributed by atoms with Gasteiger partial charge in [-0.2, -0.15) is 0 Å². The van der Waals surface area contributed by atoms with Gasteiger partial charge in [-0.05, 0) is 47.4 Å². The topological polar surface area (TPSA) is 0 Å². The van der Waals surface area contributed by atoms with Gasteiger partial charge in [-0.3, -0.25) is 0 Å². The van der Waals surface area contributed by atoms with Crippen LogP contribution in [0, 0.1) is 5.82 Å². The summed E-state index contributed by atoms with van der Waals surface area (Å²) in [4.78, 5) is 0. The van der Waals surface area contributed by atoms with Gasteiger partial charge >= 0.3 is 0 Å². The molecule has 0 aliphatic carbocycles. The average molecular weight is 263 g/mol. The molecule has 2 aromatic rings. The lowest BCUT2D eigenvalue weighted by atomic mass is 9.89. The van der Waals surface area contributed by atoms with Crippen LogP contribution in [-0.2, 0) is 6.42 Å². The van der Waals surface area contributed by atoms with Gasteiger partial charge in [-0.25, -0.2) is 4.39 Å². The Morgan fingerprint density at radius 3 is 2.39 bits per heavy atom. The normalized spacial score (nSPS) is 12.4. The summed E-state index contributed by atoms with van der Waals surface area (Å²) in [5.74, 6) is 0.0803. The van der Waals surface area contributed by atoms with E-state index in [1.54, 1.807) is 6.07 Å². The van der Waals surface area contributed by atoms with E-state index in [1.165, 1.54) is 17.2 Å². The summed E-state index contributed by atoms with van der Waals surface area (Å²) in [5.41, 5.74) is 3.44. The molecule has 0 fully saturated rings. The number of rotatable bonds is 3. The molecule has 1 unspecified atom stereocenters. The second kappa shape index (κ2) is 5.53. The summed E-state index contributed by atoms with van der Waals surface area (Å²) in [5, 5.41) is 0.737. The van der Waals surface area contributed by atoms with Crippen LogP contribution in [0.15, 0.2) is 42.5 Å². The van der Waals surface area contributed by atoms with Crippen molar-refractivity contribution in [1.82, 2.24) is 0 Å². The van der Waals surface area contributed by atoms with Crippen molar-refractivity contribution in [3.8, 4) is 0 Å². The first-order valence-electron chi connectivity index (χ1n) is 6.15. The molecule has 0 amide bonds. The van der Waals surface area contributed by atoms with E-state index >= 15 is 0 Å². The molecular formula is C16H16ClF. The second-order valence-electron chi connectivity index (χ2n) is 4.47. The van der Waals surface area contributed by atoms with Crippen LogP contribution >= 0.6 is 11.6 Å². The zero-order chi connectivity index (χ0) is 13.1. The number of hydrogen-bond acceptors (Lipinski definition) is 0. The Labute approximate surface area is 112 Å². The van der Waals surface area contributed by atoms with E-state index in [2.05, 4.69) is 6.92 Å². The minimum atomic E-state index is -0.168. The van der Waals surface area contributed by atoms with E-state index in [0.29, 0.717) is 0 Å². The minimum absolute atomic E-state index is 0.168. The van der Waals surface area contributed by atoms with Crippen molar-refractivity contribution in [1.29, 1.82) is 0 Å². The molecule has 1 atom stereocenters. The molecule has 0 saturated heterocycles. The number of aryl methyl sites for hydroxylation is 1. The summed E-state index contributed by atoms with van der Waals surface area (Å²) in [6.45, 7) is 4.18. The summed E-state index contributed by atoms with van der Waals surface area (Å²) >= 11 is 5.89. The first-order chi connectivity index (χ1) is 8.61. The molecule has 2 aromatic carbocycles. The molecule has 0 bridgehead atoms. The van der Waals surface area contributed by atoms with Gasteiger partial charge < -0.3 is 0 Å². The fraction of sp³-hybridized carbons (Fsp3) is 0.250. The maximum Gasteiger partial charge on any atom is 0.123 e. The lowest BCUT2D eigenvalue weighted by Gasteiger charge is -2.16. The predicted octanol–water partition coefficient (Wildman–Crippen LogP) is 5.19. The molecule has 0 radical (unpaired) electrons. The Balaban J connectivity index is 2.39. The third kappa shape index (κ3) is 2.73. The lowest BCUT2D eigenvalue weighted by Crippen LogP contribution is -2.01. The van der Waals surface area contributed by atoms with Crippen LogP contribution in [0.25, 0.3) is 0 Å². The molecule has 18 heavy (non-hydrogen) atoms. The van der Waals surface area contributed by atoms with Gasteiger partial charge in [0.2, 0.25) is 0 Å². The fourth-order valence-corrected chi connectivity index (χ4v) is 2.36. The van der Waals surface area contributed by atoms with Crippen molar-refractivity contribution >= 4 is 11.6 Å². The Hall–Kier alpha value is -1.34. The molecule has 0 nitrogen and oxygen atoms in total. The summed E-state index contributed by atoms with van der Waals surface area (Å²) in [6.07, 6.45) is 0.838. The van der Waals surface area contributed by atoms with E-state index in [1.807, 2.05) is 37.3 Å². The molecule has 0 heterocycles. The number of halogens is 2. The molecule has 0 aliphatic heterocycles. The first-order valence-corrected chi connectivity index (χ1v) is 6.53. The smallest absolute Gasteiger partial charge is 0.123 e. The van der Waals surface area contributed by atoms with Crippen LogP contribution < -0.4 is 0 Å². The summed E-state index contributed by atoms with van der Waals surface area (Å²) < 4.78 is 13.2. The SMILES string of the molecule is CCc1cc(F)ccc1C(C)c1ccc(Cl)cc1. The van der Waals surface area contributed by atoms with Gasteiger partial charge in [-0.15, -0.1) is 0 Å². The molecule has 0 aromatic heterocycles. The van der Waals surface area contributed by atoms with Crippen molar-refractivity contribution < 1.29 is 4.39 Å². The minimum Gasteiger partial charge on any atom is -0.207 e. The zero-order valence-electron chi connectivity index (χ0n) is 10.6. The van der Waals surface area contributed by atoms with Gasteiger partial charge in [0.05, 0.1) is 0 Å². The van der Waals surface area contributed by atoms with Crippen LogP contribution in [0.1, 0.15) is 36.5 Å². The highest BCUT2D eigenvalue weighted by molar-refractivity contribution is 6.30. The van der Waals surface area contributed by atoms with Gasteiger partial charge in [0.15, 0.2) is 0 Å². The Morgan fingerprint density at radius 1 is 1.11 bits per heavy atom. The monoisotopic (exact) mass is 262 g/mol. The average Bonchev–Trinajstić information content (AvgIpc) is 2.38. The zero-order valence-corrected chi connectivity index (χ0v) is 11.3. The standard InChI is InChI=1S/C16H16ClF/c1-3-12-10-15(18)8-9-16(12)11(2)13-4-6-14(17)7-5-13/h4-11H,3H2,1-2H3. The van der Waals surface area contributed by atoms with Crippen LogP contribution in [0.4, 0.5) is 4.39 Å². The third-order valence-electron chi connectivity index (χ3n) is 3.32. The molecule has 0 saturated carbocycles. The summed E-state index contributed by atoms with van der Waals surface area (Å²) in [7, 11) is 0. The van der Waals surface area contributed by atoms with E-state index in [0.717, 1.165) is 17.0 Å². The van der Waals surface area contributed by atoms with Crippen LogP contribution in [0.5, 0.6) is 0 Å². The van der Waals surface area contributed by atoms with Crippen molar-refractivity contribution in [3.63, 3.8) is 0 Å². The first kappa shape index (κ1) is 13.1. The van der Waals surface area contributed by atoms with Crippen molar-refractivity contribution in [2.24, 2.45) is 0 Å². The maximum absolute atomic E-state index is 13.2. The Bertz CT molecular complexity index is 531. The number of benzene rings is 2. The van der Waals surface area contributed by atoms with Gasteiger partial charge in [0.1, 0.15) is 5.82 Å². The highest BCUT2D eigenvalue weighted by Crippen LogP contribution is 2.28. The number of hydrogen-bond donors (Lipinski definition) is 0. The molecule has 0 aliphatic rings. The fourth-order valence-electron chi connectivity index (χ4n) is 2.23. The lowest BCUT2D eigenvalue weighted by molar-refractivity contribution is 0.624. The van der Waals surface area contributed by atoms with Crippen LogP contribution in [0.3, 0.4) is 0 Å². The Morgan fingerprint density at radius 2 is 1.78 bits per heavy atom. The van der Waals surface area contributed by atoms with E-state index in [9.17, 15) is 4.39 Å². The van der Waals surface area contributed by atoms with Gasteiger partial charge in [0.25, 0.3) is 0 Å².